The fraction of sp³-hybridized carbons (Fsp3) is 0.588. The van der Waals surface area contributed by atoms with E-state index in [9.17, 15) is 9.90 Å². The number of carbonyl (C=O) groups is 1. The van der Waals surface area contributed by atoms with Crippen molar-refractivity contribution in [2.75, 3.05) is 26.2 Å². The van der Waals surface area contributed by atoms with Crippen LogP contribution >= 0.6 is 0 Å². The molecular formula is C17H25N3O2. The van der Waals surface area contributed by atoms with E-state index in [-0.39, 0.29) is 5.91 Å². The Kier molecular flexibility index (Phi) is 4.36. The Morgan fingerprint density at radius 2 is 1.86 bits per heavy atom. The zero-order valence-electron chi connectivity index (χ0n) is 13.0. The van der Waals surface area contributed by atoms with Gasteiger partial charge in [-0.3, -0.25) is 9.69 Å². The van der Waals surface area contributed by atoms with Gasteiger partial charge in [-0.05, 0) is 30.5 Å². The Hall–Kier alpha value is -1.59. The first-order valence-corrected chi connectivity index (χ1v) is 8.15. The smallest absolute Gasteiger partial charge is 0.242 e. The summed E-state index contributed by atoms with van der Waals surface area (Å²) in [6, 6.07) is 7.36. The molecule has 1 heterocycles. The number of phenolic OH excluding ortho intramolecular Hbond substituents is 1. The summed E-state index contributed by atoms with van der Waals surface area (Å²) in [6.07, 6.45) is 3.80. The molecule has 2 aliphatic rings. The van der Waals surface area contributed by atoms with Crippen LogP contribution in [0, 0.1) is 0 Å². The van der Waals surface area contributed by atoms with Gasteiger partial charge < -0.3 is 15.7 Å². The first kappa shape index (κ1) is 15.3. The van der Waals surface area contributed by atoms with Crippen LogP contribution in [0.3, 0.4) is 0 Å². The maximum atomic E-state index is 12.6. The maximum Gasteiger partial charge on any atom is 0.242 e. The van der Waals surface area contributed by atoms with Gasteiger partial charge in [-0.1, -0.05) is 25.0 Å². The molecule has 0 atom stereocenters. The second-order valence-corrected chi connectivity index (χ2v) is 6.60. The van der Waals surface area contributed by atoms with Gasteiger partial charge >= 0.3 is 0 Å². The van der Waals surface area contributed by atoms with Crippen LogP contribution in [0.4, 0.5) is 0 Å². The quantitative estimate of drug-likeness (QED) is 0.883. The van der Waals surface area contributed by atoms with Gasteiger partial charge in [0.15, 0.2) is 0 Å². The topological polar surface area (TPSA) is 69.8 Å². The largest absolute Gasteiger partial charge is 0.508 e. The number of carbonyl (C=O) groups excluding carboxylic acids is 1. The summed E-state index contributed by atoms with van der Waals surface area (Å²) < 4.78 is 0. The SMILES string of the molecule is NC1(C(=O)N2CCN(Cc3cccc(O)c3)CC2)CCCC1. The second-order valence-electron chi connectivity index (χ2n) is 6.60. The lowest BCUT2D eigenvalue weighted by atomic mass is 9.97. The van der Waals surface area contributed by atoms with Crippen LogP contribution < -0.4 is 5.73 Å². The molecule has 0 aromatic heterocycles. The molecule has 120 valence electrons. The molecule has 3 N–H and O–H groups in total. The van der Waals surface area contributed by atoms with E-state index in [1.165, 1.54) is 0 Å². The third-order valence-electron chi connectivity index (χ3n) is 4.90. The predicted octanol–water partition coefficient (Wildman–Crippen LogP) is 1.31. The van der Waals surface area contributed by atoms with Gasteiger partial charge in [0.2, 0.25) is 5.91 Å². The average molecular weight is 303 g/mol. The zero-order valence-corrected chi connectivity index (χ0v) is 13.0. The minimum Gasteiger partial charge on any atom is -0.508 e. The summed E-state index contributed by atoms with van der Waals surface area (Å²) in [4.78, 5) is 16.8. The third kappa shape index (κ3) is 3.25. The number of hydrogen-bond donors (Lipinski definition) is 2. The maximum absolute atomic E-state index is 12.6. The summed E-state index contributed by atoms with van der Waals surface area (Å²) in [7, 11) is 0. The molecule has 3 rings (SSSR count). The van der Waals surface area contributed by atoms with E-state index in [0.717, 1.165) is 64.0 Å². The highest BCUT2D eigenvalue weighted by molar-refractivity contribution is 5.86. The fourth-order valence-electron chi connectivity index (χ4n) is 3.56. The Balaban J connectivity index is 1.53. The van der Waals surface area contributed by atoms with E-state index >= 15 is 0 Å². The summed E-state index contributed by atoms with van der Waals surface area (Å²) in [5, 5.41) is 9.52. The minimum absolute atomic E-state index is 0.141. The van der Waals surface area contributed by atoms with Crippen molar-refractivity contribution in [3.05, 3.63) is 29.8 Å². The van der Waals surface area contributed by atoms with E-state index in [0.29, 0.717) is 5.75 Å². The third-order valence-corrected chi connectivity index (χ3v) is 4.90. The molecule has 2 fully saturated rings. The molecule has 0 bridgehead atoms. The van der Waals surface area contributed by atoms with Crippen molar-refractivity contribution in [1.82, 2.24) is 9.80 Å². The molecule has 1 aliphatic carbocycles. The highest BCUT2D eigenvalue weighted by Crippen LogP contribution is 2.29. The molecule has 22 heavy (non-hydrogen) atoms. The molecule has 1 aromatic carbocycles. The van der Waals surface area contributed by atoms with Crippen molar-refractivity contribution in [3.63, 3.8) is 0 Å². The molecular weight excluding hydrogens is 278 g/mol. The van der Waals surface area contributed by atoms with E-state index < -0.39 is 5.54 Å². The fourth-order valence-corrected chi connectivity index (χ4v) is 3.56. The molecule has 1 amide bonds. The van der Waals surface area contributed by atoms with Crippen molar-refractivity contribution >= 4 is 5.91 Å². The first-order valence-electron chi connectivity index (χ1n) is 8.15. The molecule has 5 heteroatoms. The molecule has 1 aliphatic heterocycles. The van der Waals surface area contributed by atoms with Crippen LogP contribution in [-0.4, -0.2) is 52.5 Å². The van der Waals surface area contributed by atoms with Gasteiger partial charge in [-0.25, -0.2) is 0 Å². The number of aromatic hydroxyl groups is 1. The Bertz CT molecular complexity index is 532. The van der Waals surface area contributed by atoms with Crippen LogP contribution in [-0.2, 0) is 11.3 Å². The lowest BCUT2D eigenvalue weighted by Crippen LogP contribution is -2.58. The van der Waals surface area contributed by atoms with E-state index in [1.807, 2.05) is 17.0 Å². The van der Waals surface area contributed by atoms with Crippen molar-refractivity contribution < 1.29 is 9.90 Å². The van der Waals surface area contributed by atoms with Crippen molar-refractivity contribution in [3.8, 4) is 5.75 Å². The van der Waals surface area contributed by atoms with Gasteiger partial charge in [0.25, 0.3) is 0 Å². The zero-order chi connectivity index (χ0) is 15.6. The van der Waals surface area contributed by atoms with Gasteiger partial charge in [-0.15, -0.1) is 0 Å². The van der Waals surface area contributed by atoms with E-state index in [4.69, 9.17) is 5.73 Å². The van der Waals surface area contributed by atoms with Crippen molar-refractivity contribution in [2.24, 2.45) is 5.73 Å². The molecule has 1 saturated carbocycles. The van der Waals surface area contributed by atoms with Crippen molar-refractivity contribution in [1.29, 1.82) is 0 Å². The minimum atomic E-state index is -0.604. The van der Waals surface area contributed by atoms with E-state index in [2.05, 4.69) is 4.90 Å². The number of piperazine rings is 1. The lowest BCUT2D eigenvalue weighted by Gasteiger charge is -2.38. The van der Waals surface area contributed by atoms with Gasteiger partial charge in [0, 0.05) is 32.7 Å². The molecule has 1 aromatic rings. The van der Waals surface area contributed by atoms with Crippen LogP contribution in [0.25, 0.3) is 0 Å². The number of rotatable bonds is 3. The molecule has 0 unspecified atom stereocenters. The monoisotopic (exact) mass is 303 g/mol. The van der Waals surface area contributed by atoms with Crippen LogP contribution in [0.15, 0.2) is 24.3 Å². The summed E-state index contributed by atoms with van der Waals surface area (Å²) in [5.74, 6) is 0.444. The number of nitrogens with two attached hydrogens (primary N) is 1. The lowest BCUT2D eigenvalue weighted by molar-refractivity contribution is -0.138. The van der Waals surface area contributed by atoms with Crippen LogP contribution in [0.2, 0.25) is 0 Å². The Labute approximate surface area is 131 Å². The number of nitrogens with zero attached hydrogens (tertiary/aromatic N) is 2. The average Bonchev–Trinajstić information content (AvgIpc) is 2.95. The van der Waals surface area contributed by atoms with Crippen molar-refractivity contribution in [2.45, 2.75) is 37.8 Å². The van der Waals surface area contributed by atoms with Gasteiger partial charge in [0.1, 0.15) is 5.75 Å². The normalized spacial score (nSPS) is 22.0. The Morgan fingerprint density at radius 3 is 2.50 bits per heavy atom. The molecule has 0 radical (unpaired) electrons. The summed E-state index contributed by atoms with van der Waals surface area (Å²) in [6.45, 7) is 4.02. The molecule has 0 spiro atoms. The number of benzene rings is 1. The predicted molar refractivity (Wildman–Crippen MR) is 85.4 cm³/mol. The standard InChI is InChI=1S/C17H25N3O2/c18-17(6-1-2-7-17)16(22)20-10-8-19(9-11-20)13-14-4-3-5-15(21)12-14/h3-5,12,21H,1-2,6-11,13,18H2. The number of amides is 1. The highest BCUT2D eigenvalue weighted by Gasteiger charge is 2.40. The summed E-state index contributed by atoms with van der Waals surface area (Å²) in [5.41, 5.74) is 6.77. The second kappa shape index (κ2) is 6.26. The van der Waals surface area contributed by atoms with E-state index in [1.54, 1.807) is 12.1 Å². The first-order chi connectivity index (χ1) is 10.6. The van der Waals surface area contributed by atoms with Gasteiger partial charge in [0.05, 0.1) is 5.54 Å². The molecule has 1 saturated heterocycles. The Morgan fingerprint density at radius 1 is 1.18 bits per heavy atom. The highest BCUT2D eigenvalue weighted by atomic mass is 16.3. The van der Waals surface area contributed by atoms with Gasteiger partial charge in [-0.2, -0.15) is 0 Å². The summed E-state index contributed by atoms with van der Waals surface area (Å²) >= 11 is 0. The number of phenols is 1. The van der Waals surface area contributed by atoms with Crippen LogP contribution in [0.5, 0.6) is 5.75 Å². The van der Waals surface area contributed by atoms with Crippen LogP contribution in [0.1, 0.15) is 31.2 Å². The number of hydrogen-bond acceptors (Lipinski definition) is 4. The molecule has 5 nitrogen and oxygen atoms in total.